The summed E-state index contributed by atoms with van der Waals surface area (Å²) in [5.74, 6) is 1.95. The Kier molecular flexibility index (Phi) is 6.01. The first kappa shape index (κ1) is 29.3. The van der Waals surface area contributed by atoms with Crippen LogP contribution in [0.15, 0.2) is 188 Å². The van der Waals surface area contributed by atoms with Crippen molar-refractivity contribution in [1.29, 1.82) is 0 Å². The van der Waals surface area contributed by atoms with Crippen LogP contribution in [-0.4, -0.2) is 26.1 Å². The Hall–Kier alpha value is -6.29. The predicted molar refractivity (Wildman–Crippen MR) is 227 cm³/mol. The van der Waals surface area contributed by atoms with E-state index in [4.69, 9.17) is 4.74 Å². The van der Waals surface area contributed by atoms with E-state index in [9.17, 15) is 0 Å². The first-order valence-electron chi connectivity index (χ1n) is 18.6. The van der Waals surface area contributed by atoms with E-state index < -0.39 is 8.07 Å². The van der Waals surface area contributed by atoms with Gasteiger partial charge in [-0.05, 0) is 67.5 Å². The quantitative estimate of drug-likeness (QED) is 0.252. The summed E-state index contributed by atoms with van der Waals surface area (Å²) < 4.78 is 9.29. The fourth-order valence-corrected chi connectivity index (χ4v) is 16.2. The van der Waals surface area contributed by atoms with Crippen molar-refractivity contribution in [2.45, 2.75) is 0 Å². The highest BCUT2D eigenvalue weighted by atomic mass is 28.3. The molecule has 0 saturated carbocycles. The molecule has 0 N–H and O–H groups in total. The maximum atomic E-state index is 6.79. The number of rotatable bonds is 2. The number of para-hydroxylation sites is 4. The van der Waals surface area contributed by atoms with Gasteiger partial charge in [0.05, 0.1) is 5.52 Å². The van der Waals surface area contributed by atoms with Crippen LogP contribution in [-0.2, 0) is 0 Å². The largest absolute Gasteiger partial charge is 0.458 e. The van der Waals surface area contributed by atoms with Crippen molar-refractivity contribution < 1.29 is 4.74 Å². The van der Waals surface area contributed by atoms with E-state index in [0.717, 1.165) is 11.5 Å². The Balaban J connectivity index is 1.21. The van der Waals surface area contributed by atoms with E-state index in [-0.39, 0.29) is 13.4 Å². The molecule has 3 aliphatic rings. The van der Waals surface area contributed by atoms with Crippen LogP contribution >= 0.6 is 0 Å². The van der Waals surface area contributed by atoms with E-state index in [1.54, 1.807) is 0 Å². The first-order chi connectivity index (χ1) is 26.3. The van der Waals surface area contributed by atoms with E-state index in [1.807, 2.05) is 0 Å². The van der Waals surface area contributed by atoms with Crippen LogP contribution in [0, 0.1) is 0 Å². The number of ether oxygens (including phenoxy) is 1. The molecule has 9 aromatic rings. The lowest BCUT2D eigenvalue weighted by atomic mass is 9.35. The fraction of sp³-hybridized carbons (Fsp3) is 0. The summed E-state index contributed by atoms with van der Waals surface area (Å²) in [5, 5.41) is 8.44. The zero-order valence-electron chi connectivity index (χ0n) is 28.9. The molecule has 12 rings (SSSR count). The number of hydrogen-bond acceptors (Lipinski definition) is 1. The number of fused-ring (bicyclic) bond motifs is 13. The molecule has 5 heteroatoms. The molecule has 4 heterocycles. The fourth-order valence-electron chi connectivity index (χ4n) is 10.4. The molecule has 1 spiro atoms. The minimum atomic E-state index is -2.87. The van der Waals surface area contributed by atoms with Gasteiger partial charge in [0.2, 0.25) is 6.71 Å². The zero-order chi connectivity index (χ0) is 34.7. The Morgan fingerprint density at radius 1 is 0.377 bits per heavy atom. The second kappa shape index (κ2) is 10.9. The minimum absolute atomic E-state index is 0.0393. The summed E-state index contributed by atoms with van der Waals surface area (Å²) in [5.41, 5.74) is 11.8. The van der Waals surface area contributed by atoms with Crippen molar-refractivity contribution >= 4 is 96.8 Å². The monoisotopic (exact) mass is 687 g/mol. The van der Waals surface area contributed by atoms with E-state index in [1.165, 1.54) is 81.0 Å². The zero-order valence-corrected chi connectivity index (χ0v) is 29.9. The van der Waals surface area contributed by atoms with Gasteiger partial charge in [0.1, 0.15) is 11.5 Å². The molecule has 3 aliphatic heterocycles. The predicted octanol–water partition coefficient (Wildman–Crippen LogP) is 3.93. The molecule has 0 radical (unpaired) electrons. The van der Waals surface area contributed by atoms with Gasteiger partial charge in [-0.3, -0.25) is 0 Å². The van der Waals surface area contributed by atoms with E-state index >= 15 is 0 Å². The highest BCUT2D eigenvalue weighted by Gasteiger charge is 2.56. The third-order valence-corrected chi connectivity index (χ3v) is 17.3. The van der Waals surface area contributed by atoms with Gasteiger partial charge < -0.3 is 9.30 Å². The summed E-state index contributed by atoms with van der Waals surface area (Å²) in [4.78, 5) is 0. The summed E-state index contributed by atoms with van der Waals surface area (Å²) in [6.07, 6.45) is 0. The molecular formula is C48H31B2NOSi. The van der Waals surface area contributed by atoms with Gasteiger partial charge in [0, 0.05) is 22.0 Å². The van der Waals surface area contributed by atoms with E-state index in [0.29, 0.717) is 0 Å². The summed E-state index contributed by atoms with van der Waals surface area (Å²) >= 11 is 0. The molecular weight excluding hydrogens is 656 g/mol. The Morgan fingerprint density at radius 2 is 0.887 bits per heavy atom. The van der Waals surface area contributed by atoms with E-state index in [2.05, 4.69) is 193 Å². The first-order valence-corrected chi connectivity index (χ1v) is 20.6. The van der Waals surface area contributed by atoms with Crippen molar-refractivity contribution in [3.05, 3.63) is 188 Å². The Bertz CT molecular complexity index is 2920. The minimum Gasteiger partial charge on any atom is -0.458 e. The average molecular weight is 687 g/mol. The summed E-state index contributed by atoms with van der Waals surface area (Å²) in [6, 6.07) is 70.4. The Labute approximate surface area is 310 Å². The number of hydrogen-bond donors (Lipinski definition) is 0. The average Bonchev–Trinajstić information content (AvgIpc) is 3.57. The third kappa shape index (κ3) is 3.74. The van der Waals surface area contributed by atoms with Gasteiger partial charge in [-0.25, -0.2) is 0 Å². The second-order valence-corrected chi connectivity index (χ2v) is 18.3. The molecule has 0 unspecified atom stereocenters. The van der Waals surface area contributed by atoms with Crippen LogP contribution in [0.3, 0.4) is 0 Å². The van der Waals surface area contributed by atoms with Gasteiger partial charge >= 0.3 is 0 Å². The lowest BCUT2D eigenvalue weighted by Crippen LogP contribution is -2.93. The second-order valence-electron chi connectivity index (χ2n) is 14.7. The highest BCUT2D eigenvalue weighted by molar-refractivity contribution is 7.31. The van der Waals surface area contributed by atoms with Crippen molar-refractivity contribution in [1.82, 2.24) is 4.57 Å². The van der Waals surface area contributed by atoms with Crippen LogP contribution in [0.4, 0.5) is 0 Å². The normalized spacial score (nSPS) is 14.3. The topological polar surface area (TPSA) is 14.2 Å². The van der Waals surface area contributed by atoms with Crippen LogP contribution in [0.1, 0.15) is 0 Å². The Morgan fingerprint density at radius 3 is 1.62 bits per heavy atom. The third-order valence-electron chi connectivity index (χ3n) is 12.3. The van der Waals surface area contributed by atoms with Crippen molar-refractivity contribution in [3.8, 4) is 17.2 Å². The van der Waals surface area contributed by atoms with Crippen LogP contribution in [0.5, 0.6) is 11.5 Å². The van der Waals surface area contributed by atoms with Crippen LogP contribution in [0.2, 0.25) is 0 Å². The smallest absolute Gasteiger partial charge is 0.250 e. The molecule has 0 amide bonds. The SMILES string of the molecule is c1ccc(-n2c3ccccc3c3cccc(B4c5ccccc5[Si]5(c6ccccc6B6c7ccccc7Oc7cccc5c76)c5ccccc54)c32)cc1. The van der Waals surface area contributed by atoms with Crippen molar-refractivity contribution in [2.24, 2.45) is 0 Å². The standard InChI is InChI=1S/C48H31B2NOSi/c1-2-16-32(17-3-1)51-40-25-9-4-18-33(40)34-19-14-24-39(48(34)51)49-36-21-6-11-28-43(36)53(44-29-12-7-22-37(44)49)45-30-13-8-23-38(45)50-35-20-5-10-26-41(35)52-42-27-15-31-46(53)47(42)50/h1-31H. The van der Waals surface area contributed by atoms with Gasteiger partial charge in [-0.1, -0.05) is 174 Å². The molecule has 0 aliphatic carbocycles. The lowest BCUT2D eigenvalue weighted by Gasteiger charge is -2.48. The summed E-state index contributed by atoms with van der Waals surface area (Å²) in [6.45, 7) is 0.158. The molecule has 2 nitrogen and oxygen atoms in total. The number of aromatic nitrogens is 1. The van der Waals surface area contributed by atoms with Gasteiger partial charge in [-0.15, -0.1) is 0 Å². The van der Waals surface area contributed by atoms with Crippen LogP contribution < -0.4 is 58.3 Å². The molecule has 0 fully saturated rings. The van der Waals surface area contributed by atoms with Gasteiger partial charge in [-0.2, -0.15) is 0 Å². The molecule has 8 aromatic carbocycles. The van der Waals surface area contributed by atoms with Gasteiger partial charge in [0.15, 0.2) is 8.07 Å². The van der Waals surface area contributed by atoms with Gasteiger partial charge in [0.25, 0.3) is 6.71 Å². The molecule has 0 saturated heterocycles. The molecule has 53 heavy (non-hydrogen) atoms. The molecule has 1 aromatic heterocycles. The van der Waals surface area contributed by atoms with Crippen LogP contribution in [0.25, 0.3) is 27.5 Å². The number of nitrogens with zero attached hydrogens (tertiary/aromatic N) is 1. The summed E-state index contributed by atoms with van der Waals surface area (Å²) in [7, 11) is -2.87. The molecule has 0 atom stereocenters. The maximum absolute atomic E-state index is 6.79. The van der Waals surface area contributed by atoms with Crippen molar-refractivity contribution in [3.63, 3.8) is 0 Å². The maximum Gasteiger partial charge on any atom is 0.250 e. The lowest BCUT2D eigenvalue weighted by molar-refractivity contribution is 0.488. The molecule has 0 bridgehead atoms. The number of benzene rings is 8. The molecule has 244 valence electrons. The highest BCUT2D eigenvalue weighted by Crippen LogP contribution is 2.32. The van der Waals surface area contributed by atoms with Crippen molar-refractivity contribution in [2.75, 3.05) is 0 Å².